The number of hydrogen-bond donors (Lipinski definition) is 2. The molecule has 2 unspecified atom stereocenters. The number of fused-ring (bicyclic) bond motifs is 1. The third kappa shape index (κ3) is 3.87. The molecular formula is C15H23ClN2O2. The van der Waals surface area contributed by atoms with Gasteiger partial charge in [-0.2, -0.15) is 0 Å². The maximum Gasteiger partial charge on any atom is 0.241 e. The number of nitrogens with two attached hydrogens (primary N) is 1. The fourth-order valence-electron chi connectivity index (χ4n) is 2.18. The molecule has 1 aromatic rings. The molecular weight excluding hydrogens is 276 g/mol. The standard InChI is InChI=1S/C15H22N2O2.ClH/c1-3-10(2)14(16)15(18)17-12-6-7-13-11(9-12)5-4-8-19-13;/h6-7,9-10,14H,3-5,8,16H2,1-2H3,(H,17,18);1H. The molecule has 1 aliphatic heterocycles. The highest BCUT2D eigenvalue weighted by Gasteiger charge is 2.20. The number of aryl methyl sites for hydroxylation is 1. The van der Waals surface area contributed by atoms with Crippen LogP contribution in [-0.2, 0) is 11.2 Å². The van der Waals surface area contributed by atoms with Crippen molar-refractivity contribution < 1.29 is 9.53 Å². The highest BCUT2D eigenvalue weighted by atomic mass is 35.5. The van der Waals surface area contributed by atoms with Crippen molar-refractivity contribution in [1.82, 2.24) is 0 Å². The summed E-state index contributed by atoms with van der Waals surface area (Å²) in [6.45, 7) is 4.80. The monoisotopic (exact) mass is 298 g/mol. The first kappa shape index (κ1) is 16.8. The second-order valence-electron chi connectivity index (χ2n) is 5.18. The van der Waals surface area contributed by atoms with Crippen LogP contribution in [0.4, 0.5) is 5.69 Å². The lowest BCUT2D eigenvalue weighted by Crippen LogP contribution is -2.40. The van der Waals surface area contributed by atoms with E-state index in [1.807, 2.05) is 32.0 Å². The van der Waals surface area contributed by atoms with Crippen LogP contribution in [0.3, 0.4) is 0 Å². The number of ether oxygens (including phenoxy) is 1. The van der Waals surface area contributed by atoms with Crippen molar-refractivity contribution in [3.05, 3.63) is 23.8 Å². The first-order valence-electron chi connectivity index (χ1n) is 6.94. The summed E-state index contributed by atoms with van der Waals surface area (Å²) in [6.07, 6.45) is 2.92. The third-order valence-electron chi connectivity index (χ3n) is 3.74. The first-order valence-corrected chi connectivity index (χ1v) is 6.94. The van der Waals surface area contributed by atoms with Crippen LogP contribution in [0, 0.1) is 5.92 Å². The molecule has 0 fully saturated rings. The normalized spacial score (nSPS) is 16.1. The lowest BCUT2D eigenvalue weighted by atomic mass is 9.99. The van der Waals surface area contributed by atoms with Gasteiger partial charge < -0.3 is 15.8 Å². The van der Waals surface area contributed by atoms with Crippen molar-refractivity contribution in [2.45, 2.75) is 39.2 Å². The zero-order valence-electron chi connectivity index (χ0n) is 12.0. The van der Waals surface area contributed by atoms with Crippen molar-refractivity contribution in [3.8, 4) is 5.75 Å². The fourth-order valence-corrected chi connectivity index (χ4v) is 2.18. The number of benzene rings is 1. The number of carbonyl (C=O) groups excluding carboxylic acids is 1. The second kappa shape index (κ2) is 7.50. The van der Waals surface area contributed by atoms with E-state index >= 15 is 0 Å². The molecule has 1 amide bonds. The molecule has 5 heteroatoms. The summed E-state index contributed by atoms with van der Waals surface area (Å²) in [5, 5.41) is 2.89. The van der Waals surface area contributed by atoms with Crippen LogP contribution in [0.2, 0.25) is 0 Å². The molecule has 0 aliphatic carbocycles. The van der Waals surface area contributed by atoms with E-state index in [4.69, 9.17) is 10.5 Å². The number of rotatable bonds is 4. The van der Waals surface area contributed by atoms with Gasteiger partial charge in [-0.25, -0.2) is 0 Å². The number of hydrogen-bond acceptors (Lipinski definition) is 3. The largest absolute Gasteiger partial charge is 0.493 e. The second-order valence-corrected chi connectivity index (χ2v) is 5.18. The fraction of sp³-hybridized carbons (Fsp3) is 0.533. The van der Waals surface area contributed by atoms with Crippen molar-refractivity contribution in [2.75, 3.05) is 11.9 Å². The van der Waals surface area contributed by atoms with Gasteiger partial charge in [-0.15, -0.1) is 12.4 Å². The quantitative estimate of drug-likeness (QED) is 0.898. The lowest BCUT2D eigenvalue weighted by Gasteiger charge is -2.20. The van der Waals surface area contributed by atoms with Crippen molar-refractivity contribution >= 4 is 24.0 Å². The number of halogens is 1. The van der Waals surface area contributed by atoms with E-state index < -0.39 is 6.04 Å². The van der Waals surface area contributed by atoms with Crippen LogP contribution in [0.1, 0.15) is 32.3 Å². The minimum Gasteiger partial charge on any atom is -0.493 e. The maximum absolute atomic E-state index is 12.0. The molecule has 0 bridgehead atoms. The summed E-state index contributed by atoms with van der Waals surface area (Å²) in [6, 6.07) is 5.30. The average molecular weight is 299 g/mol. The summed E-state index contributed by atoms with van der Waals surface area (Å²) in [5.41, 5.74) is 7.87. The molecule has 0 radical (unpaired) electrons. The Kier molecular flexibility index (Phi) is 6.30. The third-order valence-corrected chi connectivity index (χ3v) is 3.74. The molecule has 1 aromatic carbocycles. The summed E-state index contributed by atoms with van der Waals surface area (Å²) in [7, 11) is 0. The van der Waals surface area contributed by atoms with E-state index in [0.29, 0.717) is 0 Å². The molecule has 2 atom stereocenters. The van der Waals surface area contributed by atoms with Crippen molar-refractivity contribution in [3.63, 3.8) is 0 Å². The summed E-state index contributed by atoms with van der Waals surface area (Å²) >= 11 is 0. The van der Waals surface area contributed by atoms with Crippen LogP contribution in [-0.4, -0.2) is 18.6 Å². The van der Waals surface area contributed by atoms with E-state index in [1.54, 1.807) is 0 Å². The average Bonchev–Trinajstić information content (AvgIpc) is 2.45. The number of nitrogens with one attached hydrogen (secondary N) is 1. The molecule has 1 heterocycles. The van der Waals surface area contributed by atoms with Gasteiger partial charge in [0.1, 0.15) is 5.75 Å². The molecule has 2 rings (SSSR count). The van der Waals surface area contributed by atoms with Crippen molar-refractivity contribution in [1.29, 1.82) is 0 Å². The Morgan fingerprint density at radius 1 is 1.50 bits per heavy atom. The van der Waals surface area contributed by atoms with Gasteiger partial charge in [0.15, 0.2) is 0 Å². The molecule has 4 nitrogen and oxygen atoms in total. The van der Waals surface area contributed by atoms with Crippen LogP contribution < -0.4 is 15.8 Å². The Balaban J connectivity index is 0.00000200. The topological polar surface area (TPSA) is 64.4 Å². The lowest BCUT2D eigenvalue weighted by molar-refractivity contribution is -0.118. The van der Waals surface area contributed by atoms with Crippen LogP contribution in [0.15, 0.2) is 18.2 Å². The van der Waals surface area contributed by atoms with Crippen LogP contribution >= 0.6 is 12.4 Å². The Morgan fingerprint density at radius 2 is 2.25 bits per heavy atom. The molecule has 20 heavy (non-hydrogen) atoms. The number of carbonyl (C=O) groups is 1. The molecule has 0 saturated carbocycles. The van der Waals surface area contributed by atoms with Gasteiger partial charge in [-0.3, -0.25) is 4.79 Å². The van der Waals surface area contributed by atoms with E-state index in [1.165, 1.54) is 0 Å². The van der Waals surface area contributed by atoms with E-state index in [9.17, 15) is 4.79 Å². The first-order chi connectivity index (χ1) is 9.11. The Morgan fingerprint density at radius 3 is 2.95 bits per heavy atom. The zero-order valence-corrected chi connectivity index (χ0v) is 12.8. The van der Waals surface area contributed by atoms with Crippen LogP contribution in [0.5, 0.6) is 5.75 Å². The zero-order chi connectivity index (χ0) is 13.8. The number of anilines is 1. The van der Waals surface area contributed by atoms with Gasteiger partial charge in [-0.1, -0.05) is 20.3 Å². The van der Waals surface area contributed by atoms with Crippen LogP contribution in [0.25, 0.3) is 0 Å². The van der Waals surface area contributed by atoms with E-state index in [2.05, 4.69) is 5.32 Å². The van der Waals surface area contributed by atoms with Gasteiger partial charge in [0.05, 0.1) is 12.6 Å². The summed E-state index contributed by atoms with van der Waals surface area (Å²) in [5.74, 6) is 0.988. The highest BCUT2D eigenvalue weighted by molar-refractivity contribution is 5.95. The summed E-state index contributed by atoms with van der Waals surface area (Å²) < 4.78 is 5.55. The minimum atomic E-state index is -0.461. The Hall–Kier alpha value is -1.26. The Labute approximate surface area is 126 Å². The summed E-state index contributed by atoms with van der Waals surface area (Å²) in [4.78, 5) is 12.0. The van der Waals surface area contributed by atoms with Gasteiger partial charge in [0.25, 0.3) is 0 Å². The SMILES string of the molecule is CCC(C)C(N)C(=O)Nc1ccc2c(c1)CCCO2.Cl. The van der Waals surface area contributed by atoms with E-state index in [0.717, 1.165) is 42.9 Å². The van der Waals surface area contributed by atoms with Gasteiger partial charge in [0.2, 0.25) is 5.91 Å². The van der Waals surface area contributed by atoms with Gasteiger partial charge in [0, 0.05) is 5.69 Å². The van der Waals surface area contributed by atoms with Gasteiger partial charge in [-0.05, 0) is 42.5 Å². The smallest absolute Gasteiger partial charge is 0.241 e. The molecule has 3 N–H and O–H groups in total. The molecule has 0 aromatic heterocycles. The number of amides is 1. The van der Waals surface area contributed by atoms with E-state index in [-0.39, 0.29) is 24.2 Å². The van der Waals surface area contributed by atoms with Crippen molar-refractivity contribution in [2.24, 2.45) is 11.7 Å². The Bertz CT molecular complexity index is 465. The molecule has 0 saturated heterocycles. The minimum absolute atomic E-state index is 0. The predicted octanol–water partition coefficient (Wildman–Crippen LogP) is 2.75. The molecule has 112 valence electrons. The maximum atomic E-state index is 12.0. The highest BCUT2D eigenvalue weighted by Crippen LogP contribution is 2.27. The van der Waals surface area contributed by atoms with Gasteiger partial charge >= 0.3 is 0 Å². The molecule has 1 aliphatic rings. The predicted molar refractivity (Wildman–Crippen MR) is 83.6 cm³/mol. The molecule has 0 spiro atoms.